The van der Waals surface area contributed by atoms with Crippen molar-refractivity contribution < 1.29 is 24.3 Å². The fraction of sp³-hybridized carbons (Fsp3) is 0.783. The lowest BCUT2D eigenvalue weighted by atomic mass is 10.00. The SMILES string of the molecule is CSCCC(NC(=O)C(CC(C)C)NC(=O)C(N)CC(C)C)C(=O)NC(CCCN=C(N)N)C(=O)O. The van der Waals surface area contributed by atoms with Crippen LogP contribution in [0.4, 0.5) is 0 Å². The van der Waals surface area contributed by atoms with Crippen LogP contribution in [0.1, 0.15) is 59.8 Å². The number of aliphatic carboxylic acids is 1. The van der Waals surface area contributed by atoms with Gasteiger partial charge in [-0.25, -0.2) is 4.79 Å². The van der Waals surface area contributed by atoms with Gasteiger partial charge in [0.25, 0.3) is 0 Å². The van der Waals surface area contributed by atoms with E-state index in [-0.39, 0.29) is 37.2 Å². The first-order chi connectivity index (χ1) is 16.8. The van der Waals surface area contributed by atoms with E-state index in [0.717, 1.165) is 0 Å². The molecule has 208 valence electrons. The normalized spacial score (nSPS) is 14.4. The summed E-state index contributed by atoms with van der Waals surface area (Å²) in [5, 5.41) is 17.4. The Hall–Kier alpha value is -2.54. The van der Waals surface area contributed by atoms with E-state index in [1.54, 1.807) is 0 Å². The Bertz CT molecular complexity index is 744. The van der Waals surface area contributed by atoms with Crippen LogP contribution >= 0.6 is 11.8 Å². The summed E-state index contributed by atoms with van der Waals surface area (Å²) in [6, 6.07) is -3.77. The summed E-state index contributed by atoms with van der Waals surface area (Å²) in [5.41, 5.74) is 16.5. The Morgan fingerprint density at radius 2 is 1.36 bits per heavy atom. The molecule has 0 rings (SSSR count). The van der Waals surface area contributed by atoms with E-state index in [1.807, 2.05) is 34.0 Å². The predicted octanol–water partition coefficient (Wildman–Crippen LogP) is -0.248. The number of carbonyl (C=O) groups excluding carboxylic acids is 3. The second-order valence-electron chi connectivity index (χ2n) is 9.62. The van der Waals surface area contributed by atoms with Crippen molar-refractivity contribution in [1.82, 2.24) is 16.0 Å². The largest absolute Gasteiger partial charge is 0.480 e. The minimum absolute atomic E-state index is 0.0856. The average Bonchev–Trinajstić information content (AvgIpc) is 2.76. The average molecular weight is 532 g/mol. The van der Waals surface area contributed by atoms with Gasteiger partial charge in [0.1, 0.15) is 18.1 Å². The lowest BCUT2D eigenvalue weighted by Gasteiger charge is -2.26. The Morgan fingerprint density at radius 1 is 0.833 bits per heavy atom. The maximum atomic E-state index is 13.1. The first-order valence-corrected chi connectivity index (χ1v) is 13.6. The third kappa shape index (κ3) is 14.8. The molecular weight excluding hydrogens is 486 g/mol. The number of nitrogens with two attached hydrogens (primary N) is 3. The van der Waals surface area contributed by atoms with E-state index < -0.39 is 47.9 Å². The number of nitrogens with zero attached hydrogens (tertiary/aromatic N) is 1. The van der Waals surface area contributed by atoms with Gasteiger partial charge in [0.05, 0.1) is 6.04 Å². The summed E-state index contributed by atoms with van der Waals surface area (Å²) in [6.07, 6.45) is 3.43. The summed E-state index contributed by atoms with van der Waals surface area (Å²) in [6.45, 7) is 7.96. The number of carboxylic acids is 1. The quantitative estimate of drug-likeness (QED) is 0.0704. The fourth-order valence-corrected chi connectivity index (χ4v) is 3.88. The summed E-state index contributed by atoms with van der Waals surface area (Å²) in [4.78, 5) is 54.1. The van der Waals surface area contributed by atoms with Crippen LogP contribution in [0.15, 0.2) is 4.99 Å². The second-order valence-corrected chi connectivity index (χ2v) is 10.6. The third-order valence-corrected chi connectivity index (χ3v) is 5.85. The lowest BCUT2D eigenvalue weighted by molar-refractivity contribution is -0.142. The van der Waals surface area contributed by atoms with E-state index in [4.69, 9.17) is 17.2 Å². The number of rotatable bonds is 18. The molecule has 0 aliphatic carbocycles. The van der Waals surface area contributed by atoms with Crippen molar-refractivity contribution >= 4 is 41.4 Å². The second kappa shape index (κ2) is 17.8. The molecule has 0 radical (unpaired) electrons. The predicted molar refractivity (Wildman–Crippen MR) is 143 cm³/mol. The Balaban J connectivity index is 5.42. The van der Waals surface area contributed by atoms with E-state index >= 15 is 0 Å². The summed E-state index contributed by atoms with van der Waals surface area (Å²) in [7, 11) is 0. The molecule has 36 heavy (non-hydrogen) atoms. The number of hydrogen-bond acceptors (Lipinski definition) is 7. The van der Waals surface area contributed by atoms with E-state index in [2.05, 4.69) is 20.9 Å². The molecule has 0 aromatic rings. The lowest BCUT2D eigenvalue weighted by Crippen LogP contribution is -2.57. The number of nitrogens with one attached hydrogen (secondary N) is 3. The van der Waals surface area contributed by atoms with E-state index in [9.17, 15) is 24.3 Å². The van der Waals surface area contributed by atoms with Gasteiger partial charge < -0.3 is 38.3 Å². The number of carbonyl (C=O) groups is 4. The van der Waals surface area contributed by atoms with Gasteiger partial charge >= 0.3 is 5.97 Å². The molecule has 0 saturated carbocycles. The highest BCUT2D eigenvalue weighted by Gasteiger charge is 2.30. The van der Waals surface area contributed by atoms with Crippen molar-refractivity contribution in [2.75, 3.05) is 18.6 Å². The van der Waals surface area contributed by atoms with Gasteiger partial charge in [0, 0.05) is 6.54 Å². The summed E-state index contributed by atoms with van der Waals surface area (Å²) in [5.74, 6) is -2.01. The molecule has 4 atom stereocenters. The summed E-state index contributed by atoms with van der Waals surface area (Å²) >= 11 is 1.49. The molecule has 0 heterocycles. The number of hydrogen-bond donors (Lipinski definition) is 7. The maximum absolute atomic E-state index is 13.1. The molecule has 0 aliphatic heterocycles. The first-order valence-electron chi connectivity index (χ1n) is 12.2. The smallest absolute Gasteiger partial charge is 0.326 e. The highest BCUT2D eigenvalue weighted by atomic mass is 32.2. The van der Waals surface area contributed by atoms with Crippen LogP contribution < -0.4 is 33.2 Å². The molecule has 0 aliphatic rings. The van der Waals surface area contributed by atoms with Crippen LogP contribution in [0.3, 0.4) is 0 Å². The monoisotopic (exact) mass is 531 g/mol. The number of amides is 3. The van der Waals surface area contributed by atoms with Crippen molar-refractivity contribution in [3.05, 3.63) is 0 Å². The zero-order valence-corrected chi connectivity index (χ0v) is 22.9. The number of thioether (sulfide) groups is 1. The molecule has 12 nitrogen and oxygen atoms in total. The molecule has 10 N–H and O–H groups in total. The Labute approximate surface area is 218 Å². The van der Waals surface area contributed by atoms with Gasteiger partial charge in [-0.2, -0.15) is 11.8 Å². The van der Waals surface area contributed by atoms with Crippen LogP contribution in [0, 0.1) is 11.8 Å². The standard InChI is InChI=1S/C23H45N7O5S/c1-13(2)11-15(24)19(31)30-18(12-14(3)4)21(33)28-16(8-10-36-5)20(32)29-17(22(34)35)7-6-9-27-23(25)26/h13-18H,6-12,24H2,1-5H3,(H,28,33)(H,29,32)(H,30,31)(H,34,35)(H4,25,26,27). The van der Waals surface area contributed by atoms with Crippen LogP contribution in [0.2, 0.25) is 0 Å². The van der Waals surface area contributed by atoms with Gasteiger partial charge in [0.2, 0.25) is 17.7 Å². The molecule has 13 heteroatoms. The zero-order chi connectivity index (χ0) is 27.8. The topological polar surface area (TPSA) is 215 Å². The number of guanidine groups is 1. The zero-order valence-electron chi connectivity index (χ0n) is 22.1. The molecular formula is C23H45N7O5S. The van der Waals surface area contributed by atoms with Crippen molar-refractivity contribution in [1.29, 1.82) is 0 Å². The molecule has 0 aromatic heterocycles. The molecule has 0 aromatic carbocycles. The molecule has 4 unspecified atom stereocenters. The first kappa shape index (κ1) is 33.5. The van der Waals surface area contributed by atoms with E-state index in [0.29, 0.717) is 25.0 Å². The summed E-state index contributed by atoms with van der Waals surface area (Å²) < 4.78 is 0. The van der Waals surface area contributed by atoms with Crippen molar-refractivity contribution in [3.63, 3.8) is 0 Å². The van der Waals surface area contributed by atoms with Gasteiger partial charge in [-0.05, 0) is 55.9 Å². The number of aliphatic imine (C=N–C) groups is 1. The van der Waals surface area contributed by atoms with E-state index in [1.165, 1.54) is 11.8 Å². The third-order valence-electron chi connectivity index (χ3n) is 5.21. The minimum atomic E-state index is -1.20. The van der Waals surface area contributed by atoms with Gasteiger partial charge in [-0.1, -0.05) is 27.7 Å². The van der Waals surface area contributed by atoms with Crippen LogP contribution in [-0.2, 0) is 19.2 Å². The van der Waals surface area contributed by atoms with Crippen LogP contribution in [0.25, 0.3) is 0 Å². The molecule has 0 spiro atoms. The fourth-order valence-electron chi connectivity index (χ4n) is 3.41. The molecule has 0 bridgehead atoms. The molecule has 0 saturated heterocycles. The van der Waals surface area contributed by atoms with Gasteiger partial charge in [-0.15, -0.1) is 0 Å². The van der Waals surface area contributed by atoms with Crippen molar-refractivity contribution in [2.24, 2.45) is 34.0 Å². The Morgan fingerprint density at radius 3 is 1.86 bits per heavy atom. The Kier molecular flexibility index (Phi) is 16.6. The molecule has 3 amide bonds. The van der Waals surface area contributed by atoms with Crippen LogP contribution in [-0.4, -0.2) is 77.5 Å². The maximum Gasteiger partial charge on any atom is 0.326 e. The highest BCUT2D eigenvalue weighted by Crippen LogP contribution is 2.10. The highest BCUT2D eigenvalue weighted by molar-refractivity contribution is 7.98. The number of carboxylic acid groups (broad SMARTS) is 1. The molecule has 0 fully saturated rings. The van der Waals surface area contributed by atoms with Crippen molar-refractivity contribution in [2.45, 2.75) is 84.0 Å². The van der Waals surface area contributed by atoms with Gasteiger partial charge in [0.15, 0.2) is 5.96 Å². The van der Waals surface area contributed by atoms with Gasteiger partial charge in [-0.3, -0.25) is 19.4 Å². The van der Waals surface area contributed by atoms with Crippen molar-refractivity contribution in [3.8, 4) is 0 Å². The minimum Gasteiger partial charge on any atom is -0.480 e. The van der Waals surface area contributed by atoms with Crippen LogP contribution in [0.5, 0.6) is 0 Å².